The van der Waals surface area contributed by atoms with Crippen LogP contribution in [0.1, 0.15) is 38.7 Å². The van der Waals surface area contributed by atoms with Crippen LogP contribution in [0.5, 0.6) is 0 Å². The third-order valence-electron chi connectivity index (χ3n) is 9.16. The molecule has 2 aliphatic heterocycles. The molecule has 1 aromatic carbocycles. The van der Waals surface area contributed by atoms with Crippen LogP contribution in [-0.2, 0) is 10.3 Å². The van der Waals surface area contributed by atoms with Crippen LogP contribution in [-0.4, -0.2) is 64.6 Å². The highest BCUT2D eigenvalue weighted by Gasteiger charge is 2.76. The fourth-order valence-electron chi connectivity index (χ4n) is 7.67. The van der Waals surface area contributed by atoms with Crippen LogP contribution in [0.3, 0.4) is 0 Å². The monoisotopic (exact) mass is 449 g/mol. The van der Waals surface area contributed by atoms with Gasteiger partial charge in [-0.25, -0.2) is 0 Å². The molecule has 33 heavy (non-hydrogen) atoms. The van der Waals surface area contributed by atoms with E-state index in [4.69, 9.17) is 10.5 Å². The van der Waals surface area contributed by atoms with Gasteiger partial charge >= 0.3 is 0 Å². The third kappa shape index (κ3) is 2.42. The first-order chi connectivity index (χ1) is 15.8. The van der Waals surface area contributed by atoms with E-state index in [0.717, 1.165) is 49.3 Å². The summed E-state index contributed by atoms with van der Waals surface area (Å²) in [5.74, 6) is 0.624. The summed E-state index contributed by atoms with van der Waals surface area (Å²) in [4.78, 5) is 4.72. The minimum absolute atomic E-state index is 0.147. The number of likely N-dealkylation sites (tertiary alicyclic amines) is 1. The highest BCUT2D eigenvalue weighted by atomic mass is 16.5. The topological polar surface area (TPSA) is 82.2 Å². The molecule has 1 aromatic rings. The van der Waals surface area contributed by atoms with E-state index in [-0.39, 0.29) is 5.92 Å². The molecule has 4 N–H and O–H groups in total. The predicted octanol–water partition coefficient (Wildman–Crippen LogP) is 2.45. The van der Waals surface area contributed by atoms with Gasteiger partial charge in [-0.3, -0.25) is 5.73 Å². The zero-order valence-electron chi connectivity index (χ0n) is 19.8. The van der Waals surface area contributed by atoms with Gasteiger partial charge < -0.3 is 24.7 Å². The number of likely N-dealkylation sites (N-methyl/N-ethyl adjacent to an activating group) is 1. The van der Waals surface area contributed by atoms with Crippen molar-refractivity contribution in [2.45, 2.75) is 56.6 Å². The summed E-state index contributed by atoms with van der Waals surface area (Å²) >= 11 is 0. The van der Waals surface area contributed by atoms with Gasteiger partial charge in [0, 0.05) is 42.7 Å². The minimum atomic E-state index is -1.57. The largest absolute Gasteiger partial charge is 0.478 e. The second-order valence-electron chi connectivity index (χ2n) is 10.4. The maximum Gasteiger partial charge on any atom is 0.175 e. The Hall–Kier alpha value is -2.12. The summed E-state index contributed by atoms with van der Waals surface area (Å²) in [5, 5.41) is 23.6. The molecule has 0 radical (unpaired) electrons. The van der Waals surface area contributed by atoms with Crippen molar-refractivity contribution in [1.29, 1.82) is 0 Å². The van der Waals surface area contributed by atoms with Crippen molar-refractivity contribution in [3.8, 4) is 0 Å². The number of hydrogen-bond donors (Lipinski definition) is 3. The van der Waals surface area contributed by atoms with E-state index in [0.29, 0.717) is 18.2 Å². The Morgan fingerprint density at radius 3 is 2.64 bits per heavy atom. The number of ether oxygens (including phenoxy) is 1. The van der Waals surface area contributed by atoms with E-state index < -0.39 is 22.8 Å². The lowest BCUT2D eigenvalue weighted by molar-refractivity contribution is -0.193. The molecule has 6 nitrogen and oxygen atoms in total. The molecule has 6 heteroatoms. The number of nitrogens with zero attached hydrogens (tertiary/aromatic N) is 2. The number of hydrogen-bond acceptors (Lipinski definition) is 6. The van der Waals surface area contributed by atoms with Gasteiger partial charge in [0.15, 0.2) is 11.3 Å². The molecule has 6 atom stereocenters. The average Bonchev–Trinajstić information content (AvgIpc) is 3.14. The van der Waals surface area contributed by atoms with Gasteiger partial charge in [0.2, 0.25) is 0 Å². The molecule has 176 valence electrons. The Kier molecular flexibility index (Phi) is 4.51. The van der Waals surface area contributed by atoms with Crippen LogP contribution >= 0.6 is 0 Å². The summed E-state index contributed by atoms with van der Waals surface area (Å²) < 4.78 is 6.96. The van der Waals surface area contributed by atoms with Crippen LogP contribution in [0.25, 0.3) is 0 Å². The number of rotatable bonds is 4. The molecule has 0 aromatic heterocycles. The SMILES string of the molecule is CCN(CC)C1=C[C@H]2[C@H]3CC4=CCC(N)(O)C5=C4[C@@]2(CCN3C)[C@@](c2ccccc2)(O5)[C@H]1O. The first-order valence-electron chi connectivity index (χ1n) is 12.4. The Bertz CT molecular complexity index is 1070. The van der Waals surface area contributed by atoms with Crippen LogP contribution in [0, 0.1) is 11.3 Å². The molecular formula is C27H35N3O3. The van der Waals surface area contributed by atoms with Crippen LogP contribution < -0.4 is 5.73 Å². The quantitative estimate of drug-likeness (QED) is 0.613. The molecule has 1 spiro atoms. The normalized spacial score (nSPS) is 41.2. The zero-order valence-corrected chi connectivity index (χ0v) is 19.8. The van der Waals surface area contributed by atoms with Crippen molar-refractivity contribution < 1.29 is 14.9 Å². The molecule has 1 saturated heterocycles. The average molecular weight is 450 g/mol. The van der Waals surface area contributed by atoms with Crippen LogP contribution in [0.4, 0.5) is 0 Å². The molecule has 0 amide bonds. The minimum Gasteiger partial charge on any atom is -0.478 e. The second kappa shape index (κ2) is 6.95. The Balaban J connectivity index is 1.70. The van der Waals surface area contributed by atoms with E-state index in [9.17, 15) is 10.2 Å². The van der Waals surface area contributed by atoms with E-state index in [2.05, 4.69) is 55.0 Å². The fraction of sp³-hybridized carbons (Fsp3) is 0.556. The molecule has 1 saturated carbocycles. The second-order valence-corrected chi connectivity index (χ2v) is 10.4. The van der Waals surface area contributed by atoms with Crippen molar-refractivity contribution in [3.63, 3.8) is 0 Å². The standard InChI is InChI=1S/C27H35N3O3/c1-4-30(5-2)21-16-19-20-15-17-11-12-26(28,32)24-22(17)25(19,13-14-29(20)3)27(33-24,23(21)31)18-9-7-6-8-10-18/h6-11,16,19-20,23,31-32H,4-5,12-15,28H2,1-3H3/t19-,20+,23-,25-,26?,27-/m0/s1. The highest BCUT2D eigenvalue weighted by molar-refractivity contribution is 5.59. The zero-order chi connectivity index (χ0) is 23.2. The van der Waals surface area contributed by atoms with Gasteiger partial charge in [-0.1, -0.05) is 42.5 Å². The number of piperidine rings is 1. The molecule has 2 bridgehead atoms. The molecule has 2 heterocycles. The fourth-order valence-corrected chi connectivity index (χ4v) is 7.67. The first kappa shape index (κ1) is 21.4. The van der Waals surface area contributed by atoms with Crippen molar-refractivity contribution in [3.05, 3.63) is 70.6 Å². The maximum atomic E-state index is 12.3. The van der Waals surface area contributed by atoms with Crippen molar-refractivity contribution in [2.75, 3.05) is 26.7 Å². The molecule has 5 aliphatic rings. The molecule has 1 unspecified atom stereocenters. The van der Waals surface area contributed by atoms with Gasteiger partial charge in [-0.05, 0) is 51.4 Å². The summed E-state index contributed by atoms with van der Waals surface area (Å²) in [6, 6.07) is 10.5. The summed E-state index contributed by atoms with van der Waals surface area (Å²) in [6.45, 7) is 6.78. The predicted molar refractivity (Wildman–Crippen MR) is 127 cm³/mol. The smallest absolute Gasteiger partial charge is 0.175 e. The Morgan fingerprint density at radius 2 is 1.94 bits per heavy atom. The van der Waals surface area contributed by atoms with Gasteiger partial charge in [0.05, 0.1) is 5.41 Å². The Morgan fingerprint density at radius 1 is 1.21 bits per heavy atom. The third-order valence-corrected chi connectivity index (χ3v) is 9.16. The van der Waals surface area contributed by atoms with Gasteiger partial charge in [-0.15, -0.1) is 0 Å². The number of benzene rings is 1. The summed E-state index contributed by atoms with van der Waals surface area (Å²) in [7, 11) is 2.21. The lowest BCUT2D eigenvalue weighted by Crippen LogP contribution is -2.68. The molecular weight excluding hydrogens is 414 g/mol. The van der Waals surface area contributed by atoms with E-state index in [1.54, 1.807) is 0 Å². The van der Waals surface area contributed by atoms with E-state index >= 15 is 0 Å². The number of aliphatic hydroxyl groups is 2. The molecule has 6 rings (SSSR count). The van der Waals surface area contributed by atoms with Crippen molar-refractivity contribution >= 4 is 0 Å². The van der Waals surface area contributed by atoms with E-state index in [1.807, 2.05) is 18.2 Å². The lowest BCUT2D eigenvalue weighted by atomic mass is 9.45. The van der Waals surface area contributed by atoms with Crippen molar-refractivity contribution in [2.24, 2.45) is 17.1 Å². The lowest BCUT2D eigenvalue weighted by Gasteiger charge is -2.63. The van der Waals surface area contributed by atoms with Gasteiger partial charge in [0.25, 0.3) is 0 Å². The molecule has 2 fully saturated rings. The highest BCUT2D eigenvalue weighted by Crippen LogP contribution is 2.73. The van der Waals surface area contributed by atoms with Crippen LogP contribution in [0.2, 0.25) is 0 Å². The first-order valence-corrected chi connectivity index (χ1v) is 12.4. The molecule has 3 aliphatic carbocycles. The van der Waals surface area contributed by atoms with E-state index in [1.165, 1.54) is 5.57 Å². The van der Waals surface area contributed by atoms with Crippen LogP contribution in [0.15, 0.2) is 65.1 Å². The summed E-state index contributed by atoms with van der Waals surface area (Å²) in [6.07, 6.45) is 5.65. The van der Waals surface area contributed by atoms with Gasteiger partial charge in [0.1, 0.15) is 11.9 Å². The van der Waals surface area contributed by atoms with Gasteiger partial charge in [-0.2, -0.15) is 0 Å². The maximum absolute atomic E-state index is 12.3. The number of aliphatic hydroxyl groups excluding tert-OH is 1. The number of nitrogens with two attached hydrogens (primary N) is 1. The summed E-state index contributed by atoms with van der Waals surface area (Å²) in [5.41, 5.74) is 7.58. The van der Waals surface area contributed by atoms with Crippen molar-refractivity contribution in [1.82, 2.24) is 9.80 Å². The Labute approximate surface area is 196 Å².